The van der Waals surface area contributed by atoms with Crippen LogP contribution in [0.25, 0.3) is 0 Å². The van der Waals surface area contributed by atoms with Crippen LogP contribution < -0.4 is 74.4 Å². The topological polar surface area (TPSA) is 0 Å². The zero-order chi connectivity index (χ0) is 0. The molecular formula is Cl6MgSi. The summed E-state index contributed by atoms with van der Waals surface area (Å²) in [6, 6.07) is 0. The Bertz CT molecular complexity index is 8.49. The van der Waals surface area contributed by atoms with Crippen LogP contribution in [0.1, 0.15) is 0 Å². The second-order valence-corrected chi connectivity index (χ2v) is 0. The minimum absolute atomic E-state index is 0. The van der Waals surface area contributed by atoms with E-state index in [2.05, 4.69) is 0 Å². The van der Waals surface area contributed by atoms with Gasteiger partial charge in [-0.1, -0.05) is 0 Å². The third kappa shape index (κ3) is 70.2. The van der Waals surface area contributed by atoms with Gasteiger partial charge >= 0.3 is 34.0 Å². The molecule has 0 rings (SSSR count). The molecular weight excluding hydrogens is 265 g/mol. The van der Waals surface area contributed by atoms with Crippen LogP contribution >= 0.6 is 0 Å². The Kier molecular flexibility index (Phi) is 1710. The summed E-state index contributed by atoms with van der Waals surface area (Å²) in [7, 11) is 0. The molecule has 0 nitrogen and oxygen atoms in total. The first-order chi connectivity index (χ1) is 0. The molecule has 0 aliphatic rings. The maximum absolute atomic E-state index is 0. The molecule has 0 saturated carbocycles. The third-order valence-corrected chi connectivity index (χ3v) is 0. The van der Waals surface area contributed by atoms with Gasteiger partial charge in [-0.05, 0) is 0 Å². The van der Waals surface area contributed by atoms with E-state index in [-0.39, 0.29) is 108 Å². The van der Waals surface area contributed by atoms with Crippen molar-refractivity contribution in [3.05, 3.63) is 0 Å². The summed E-state index contributed by atoms with van der Waals surface area (Å²) < 4.78 is 0. The second kappa shape index (κ2) is 99.8. The minimum atomic E-state index is 0. The molecule has 8 heteroatoms. The largest absolute Gasteiger partial charge is 4.00 e. The molecule has 48 valence electrons. The molecule has 0 aromatic rings. The zero-order valence-corrected chi connectivity index (χ0v) is 10.4. The van der Waals surface area contributed by atoms with Gasteiger partial charge in [0.2, 0.25) is 0 Å². The van der Waals surface area contributed by atoms with E-state index in [0.717, 1.165) is 0 Å². The van der Waals surface area contributed by atoms with Crippen LogP contribution in [0.15, 0.2) is 0 Å². The van der Waals surface area contributed by atoms with Crippen molar-refractivity contribution in [3.8, 4) is 0 Å². The fraction of sp³-hybridized carbons (Fsp3) is 0. The summed E-state index contributed by atoms with van der Waals surface area (Å²) in [5, 5.41) is 0. The average molecular weight is 265 g/mol. The van der Waals surface area contributed by atoms with Gasteiger partial charge in [-0.25, -0.2) is 0 Å². The van der Waals surface area contributed by atoms with Gasteiger partial charge in [0, 0.05) is 0 Å². The molecule has 0 bridgehead atoms. The molecule has 0 unspecified atom stereocenters. The van der Waals surface area contributed by atoms with Gasteiger partial charge in [0.1, 0.15) is 0 Å². The molecule has 0 aliphatic carbocycles. The van der Waals surface area contributed by atoms with Crippen molar-refractivity contribution in [2.75, 3.05) is 0 Å². The Labute approximate surface area is 107 Å². The predicted molar refractivity (Wildman–Crippen MR) is 11.5 cm³/mol. The van der Waals surface area contributed by atoms with Gasteiger partial charge < -0.3 is 74.4 Å². The summed E-state index contributed by atoms with van der Waals surface area (Å²) in [6.45, 7) is 0. The molecule has 0 atom stereocenters. The Balaban J connectivity index is 0. The van der Waals surface area contributed by atoms with E-state index in [1.165, 1.54) is 0 Å². The molecule has 0 fully saturated rings. The van der Waals surface area contributed by atoms with Crippen LogP contribution in [-0.2, 0) is 0 Å². The first kappa shape index (κ1) is 137. The first-order valence-electron chi connectivity index (χ1n) is 0. The fourth-order valence-electron chi connectivity index (χ4n) is 0. The average Bonchev–Trinajstić information content (AvgIpc) is 0. The fourth-order valence-corrected chi connectivity index (χ4v) is 0. The summed E-state index contributed by atoms with van der Waals surface area (Å²) in [6.07, 6.45) is 0. The van der Waals surface area contributed by atoms with Gasteiger partial charge in [0.25, 0.3) is 0 Å². The Morgan fingerprint density at radius 1 is 0.375 bits per heavy atom. The van der Waals surface area contributed by atoms with Crippen LogP contribution in [0, 0.1) is 0 Å². The Morgan fingerprint density at radius 2 is 0.375 bits per heavy atom. The van der Waals surface area contributed by atoms with E-state index in [1.54, 1.807) is 0 Å². The molecule has 0 aromatic heterocycles. The van der Waals surface area contributed by atoms with E-state index >= 15 is 0 Å². The standard InChI is InChI=1S/6ClH.Mg.Si/h6*1H;;/q;;;;;;+2;+4/p-6. The van der Waals surface area contributed by atoms with Crippen molar-refractivity contribution in [3.63, 3.8) is 0 Å². The summed E-state index contributed by atoms with van der Waals surface area (Å²) >= 11 is 0. The predicted octanol–water partition coefficient (Wildman–Crippen LogP) is -18.7. The van der Waals surface area contributed by atoms with Crippen LogP contribution in [0.2, 0.25) is 0 Å². The van der Waals surface area contributed by atoms with E-state index < -0.39 is 0 Å². The van der Waals surface area contributed by atoms with E-state index in [0.29, 0.717) is 0 Å². The number of hydrogen-bond donors (Lipinski definition) is 0. The minimum Gasteiger partial charge on any atom is -1.00 e. The molecule has 0 N–H and O–H groups in total. The third-order valence-electron chi connectivity index (χ3n) is 0. The van der Waals surface area contributed by atoms with Crippen molar-refractivity contribution in [1.29, 1.82) is 0 Å². The van der Waals surface area contributed by atoms with Gasteiger partial charge in [0.15, 0.2) is 0 Å². The van der Waals surface area contributed by atoms with E-state index in [4.69, 9.17) is 0 Å². The van der Waals surface area contributed by atoms with Gasteiger partial charge in [0.05, 0.1) is 0 Å². The summed E-state index contributed by atoms with van der Waals surface area (Å²) in [5.41, 5.74) is 0. The van der Waals surface area contributed by atoms with Crippen LogP contribution in [0.5, 0.6) is 0 Å². The van der Waals surface area contributed by atoms with Gasteiger partial charge in [-0.2, -0.15) is 0 Å². The summed E-state index contributed by atoms with van der Waals surface area (Å²) in [4.78, 5) is 0. The molecule has 0 saturated heterocycles. The molecule has 8 heavy (non-hydrogen) atoms. The monoisotopic (exact) mass is 262 g/mol. The van der Waals surface area contributed by atoms with Crippen molar-refractivity contribution in [2.45, 2.75) is 0 Å². The number of rotatable bonds is 0. The van der Waals surface area contributed by atoms with Crippen LogP contribution in [-0.4, -0.2) is 34.0 Å². The van der Waals surface area contributed by atoms with Gasteiger partial charge in [-0.15, -0.1) is 0 Å². The van der Waals surface area contributed by atoms with Crippen LogP contribution in [0.4, 0.5) is 0 Å². The Hall–Kier alpha value is 2.72. The molecule has 0 spiro atoms. The molecule has 0 aromatic carbocycles. The Morgan fingerprint density at radius 3 is 0.375 bits per heavy atom. The molecule has 0 heterocycles. The van der Waals surface area contributed by atoms with Crippen molar-refractivity contribution >= 4 is 34.0 Å². The maximum atomic E-state index is 0. The summed E-state index contributed by atoms with van der Waals surface area (Å²) in [5.74, 6) is 0. The maximum Gasteiger partial charge on any atom is 4.00 e. The molecule has 0 radical (unpaired) electrons. The van der Waals surface area contributed by atoms with E-state index in [1.807, 2.05) is 0 Å². The van der Waals surface area contributed by atoms with E-state index in [9.17, 15) is 0 Å². The number of hydrogen-bond acceptors (Lipinski definition) is 0. The van der Waals surface area contributed by atoms with Gasteiger partial charge in [-0.3, -0.25) is 0 Å². The van der Waals surface area contributed by atoms with Crippen molar-refractivity contribution in [2.24, 2.45) is 0 Å². The van der Waals surface area contributed by atoms with Crippen molar-refractivity contribution < 1.29 is 74.4 Å². The zero-order valence-electron chi connectivity index (χ0n) is 3.47. The normalized spacial score (nSPS) is 0. The first-order valence-corrected chi connectivity index (χ1v) is 0. The second-order valence-electron chi connectivity index (χ2n) is 0. The SMILES string of the molecule is [Cl-].[Cl-].[Cl-].[Cl-].[Cl-].[Cl-].[Mg+2].[Si+4]. The van der Waals surface area contributed by atoms with Crippen LogP contribution in [0.3, 0.4) is 0 Å². The van der Waals surface area contributed by atoms with Crippen molar-refractivity contribution in [1.82, 2.24) is 0 Å². The molecule has 0 amide bonds. The smallest absolute Gasteiger partial charge is 1.00 e. The molecule has 0 aliphatic heterocycles. The quantitative estimate of drug-likeness (QED) is 0.382. The number of halogens is 6.